The van der Waals surface area contributed by atoms with Crippen LogP contribution >= 0.6 is 0 Å². The van der Waals surface area contributed by atoms with Gasteiger partial charge in [0, 0.05) is 18.4 Å². The number of aromatic hydroxyl groups is 1. The second-order valence-electron chi connectivity index (χ2n) is 4.30. The summed E-state index contributed by atoms with van der Waals surface area (Å²) in [7, 11) is 0. The van der Waals surface area contributed by atoms with E-state index in [0.29, 0.717) is 5.56 Å². The van der Waals surface area contributed by atoms with Gasteiger partial charge in [-0.3, -0.25) is 9.59 Å². The predicted molar refractivity (Wildman–Crippen MR) is 56.4 cm³/mol. The number of hydrogen-bond acceptors (Lipinski definition) is 3. The van der Waals surface area contributed by atoms with E-state index in [1.165, 1.54) is 6.07 Å². The summed E-state index contributed by atoms with van der Waals surface area (Å²) in [4.78, 5) is 22.3. The molecule has 1 saturated carbocycles. The van der Waals surface area contributed by atoms with Crippen molar-refractivity contribution in [2.75, 3.05) is 0 Å². The summed E-state index contributed by atoms with van der Waals surface area (Å²) in [5.41, 5.74) is 0.0000685. The molecule has 1 fully saturated rings. The monoisotopic (exact) mass is 220 g/mol. The molecule has 0 aliphatic heterocycles. The van der Waals surface area contributed by atoms with Gasteiger partial charge in [-0.05, 0) is 13.0 Å². The Morgan fingerprint density at radius 2 is 2.00 bits per heavy atom. The summed E-state index contributed by atoms with van der Waals surface area (Å²) in [6.45, 7) is 1.82. The maximum Gasteiger partial charge on any atom is 0.315 e. The number of carboxylic acid groups (broad SMARTS) is 1. The number of carbonyl (C=O) groups is 2. The van der Waals surface area contributed by atoms with E-state index in [1.807, 2.05) is 6.92 Å². The second-order valence-corrected chi connectivity index (χ2v) is 4.30. The van der Waals surface area contributed by atoms with E-state index in [9.17, 15) is 19.8 Å². The third kappa shape index (κ3) is 1.38. The number of phenolic OH excluding ortho intramolecular Hbond substituents is 1. The fourth-order valence-electron chi connectivity index (χ4n) is 2.11. The maximum absolute atomic E-state index is 11.2. The van der Waals surface area contributed by atoms with Gasteiger partial charge >= 0.3 is 5.97 Å². The second kappa shape index (κ2) is 3.33. The number of hydrogen-bond donors (Lipinski definition) is 2. The minimum Gasteiger partial charge on any atom is -0.508 e. The van der Waals surface area contributed by atoms with E-state index >= 15 is 0 Å². The lowest BCUT2D eigenvalue weighted by Gasteiger charge is -2.37. The molecular formula is C12H12O4. The summed E-state index contributed by atoms with van der Waals surface area (Å²) < 4.78 is 0. The number of ketones is 1. The van der Waals surface area contributed by atoms with Gasteiger partial charge in [-0.25, -0.2) is 0 Å². The molecule has 4 heteroatoms. The van der Waals surface area contributed by atoms with Gasteiger partial charge in [0.1, 0.15) is 16.9 Å². The summed E-state index contributed by atoms with van der Waals surface area (Å²) in [5.74, 6) is -1.18. The highest BCUT2D eigenvalue weighted by Gasteiger charge is 2.52. The van der Waals surface area contributed by atoms with E-state index in [-0.39, 0.29) is 24.4 Å². The first-order valence-electron chi connectivity index (χ1n) is 5.01. The fourth-order valence-corrected chi connectivity index (χ4v) is 2.11. The van der Waals surface area contributed by atoms with Crippen LogP contribution in [0.5, 0.6) is 5.75 Å². The molecule has 1 aliphatic rings. The van der Waals surface area contributed by atoms with Gasteiger partial charge in [-0.1, -0.05) is 17.7 Å². The SMILES string of the molecule is Cc1ccc(O)c(C2(C(=O)O)CC(=O)C2)c1. The molecule has 0 unspecified atom stereocenters. The molecule has 0 bridgehead atoms. The summed E-state index contributed by atoms with van der Waals surface area (Å²) in [6, 6.07) is 4.81. The lowest BCUT2D eigenvalue weighted by atomic mass is 9.63. The smallest absolute Gasteiger partial charge is 0.315 e. The van der Waals surface area contributed by atoms with Crippen molar-refractivity contribution in [2.45, 2.75) is 25.2 Å². The summed E-state index contributed by atoms with van der Waals surface area (Å²) in [5, 5.41) is 18.9. The quantitative estimate of drug-likeness (QED) is 0.789. The minimum absolute atomic E-state index is 0.0284. The van der Waals surface area contributed by atoms with Crippen molar-refractivity contribution in [3.63, 3.8) is 0 Å². The normalized spacial score (nSPS) is 17.9. The van der Waals surface area contributed by atoms with Crippen molar-refractivity contribution in [1.82, 2.24) is 0 Å². The molecule has 1 aromatic rings. The highest BCUT2D eigenvalue weighted by atomic mass is 16.4. The standard InChI is InChI=1S/C12H12O4/c1-7-2-3-10(14)9(4-7)12(11(15)16)5-8(13)6-12/h2-4,14H,5-6H2,1H3,(H,15,16). The van der Waals surface area contributed by atoms with Crippen LogP contribution in [0, 0.1) is 6.92 Å². The summed E-state index contributed by atoms with van der Waals surface area (Å²) >= 11 is 0. The Bertz CT molecular complexity index is 468. The van der Waals surface area contributed by atoms with E-state index in [4.69, 9.17) is 0 Å². The Kier molecular flexibility index (Phi) is 2.22. The van der Waals surface area contributed by atoms with Gasteiger partial charge < -0.3 is 10.2 Å². The van der Waals surface area contributed by atoms with Crippen LogP contribution < -0.4 is 0 Å². The Morgan fingerprint density at radius 3 is 2.50 bits per heavy atom. The van der Waals surface area contributed by atoms with Crippen molar-refractivity contribution in [3.8, 4) is 5.75 Å². The molecule has 1 aliphatic carbocycles. The molecule has 0 amide bonds. The van der Waals surface area contributed by atoms with Crippen molar-refractivity contribution < 1.29 is 19.8 Å². The third-order valence-electron chi connectivity index (χ3n) is 3.07. The lowest BCUT2D eigenvalue weighted by Crippen LogP contribution is -2.48. The van der Waals surface area contributed by atoms with Gasteiger partial charge in [0.05, 0.1) is 0 Å². The maximum atomic E-state index is 11.2. The Labute approximate surface area is 92.5 Å². The Balaban J connectivity index is 2.52. The van der Waals surface area contributed by atoms with Gasteiger partial charge in [-0.15, -0.1) is 0 Å². The molecular weight excluding hydrogens is 208 g/mol. The highest BCUT2D eigenvalue weighted by Crippen LogP contribution is 2.45. The molecule has 16 heavy (non-hydrogen) atoms. The molecule has 0 aromatic heterocycles. The van der Waals surface area contributed by atoms with Crippen molar-refractivity contribution >= 4 is 11.8 Å². The van der Waals surface area contributed by atoms with Crippen LogP contribution in [0.4, 0.5) is 0 Å². The van der Waals surface area contributed by atoms with Crippen LogP contribution in [0.3, 0.4) is 0 Å². The first-order chi connectivity index (χ1) is 7.45. The first-order valence-corrected chi connectivity index (χ1v) is 5.01. The van der Waals surface area contributed by atoms with Crippen molar-refractivity contribution in [3.05, 3.63) is 29.3 Å². The van der Waals surface area contributed by atoms with Crippen LogP contribution in [-0.2, 0) is 15.0 Å². The lowest BCUT2D eigenvalue weighted by molar-refractivity contribution is -0.153. The highest BCUT2D eigenvalue weighted by molar-refractivity contribution is 6.01. The molecule has 0 radical (unpaired) electrons. The predicted octanol–water partition coefficient (Wildman–Crippen LogP) is 1.39. The van der Waals surface area contributed by atoms with E-state index < -0.39 is 11.4 Å². The average Bonchev–Trinajstić information content (AvgIpc) is 2.16. The molecule has 1 aromatic carbocycles. The van der Waals surface area contributed by atoms with Gasteiger partial charge in [0.15, 0.2) is 0 Å². The number of aliphatic carboxylic acids is 1. The van der Waals surface area contributed by atoms with Crippen molar-refractivity contribution in [2.24, 2.45) is 0 Å². The fraction of sp³-hybridized carbons (Fsp3) is 0.333. The first kappa shape index (κ1) is 10.7. The molecule has 0 atom stereocenters. The molecule has 2 N–H and O–H groups in total. The average molecular weight is 220 g/mol. The number of aryl methyl sites for hydroxylation is 1. The molecule has 2 rings (SSSR count). The number of Topliss-reactive ketones (excluding diaryl/α,β-unsaturated/α-hetero) is 1. The molecule has 0 saturated heterocycles. The van der Waals surface area contributed by atoms with Gasteiger partial charge in [0.25, 0.3) is 0 Å². The van der Waals surface area contributed by atoms with E-state index in [2.05, 4.69) is 0 Å². The topological polar surface area (TPSA) is 74.6 Å². The van der Waals surface area contributed by atoms with Crippen molar-refractivity contribution in [1.29, 1.82) is 0 Å². The summed E-state index contributed by atoms with van der Waals surface area (Å²) in [6.07, 6.45) is -0.0569. The number of rotatable bonds is 2. The zero-order chi connectivity index (χ0) is 11.9. The van der Waals surface area contributed by atoms with Crippen LogP contribution in [0.25, 0.3) is 0 Å². The van der Waals surface area contributed by atoms with Crippen LogP contribution in [-0.4, -0.2) is 22.0 Å². The van der Waals surface area contributed by atoms with Gasteiger partial charge in [-0.2, -0.15) is 0 Å². The molecule has 0 heterocycles. The molecule has 84 valence electrons. The number of phenols is 1. The number of carboxylic acids is 1. The molecule has 4 nitrogen and oxygen atoms in total. The zero-order valence-electron chi connectivity index (χ0n) is 8.86. The largest absolute Gasteiger partial charge is 0.508 e. The number of carbonyl (C=O) groups excluding carboxylic acids is 1. The van der Waals surface area contributed by atoms with Gasteiger partial charge in [0.2, 0.25) is 0 Å². The zero-order valence-corrected chi connectivity index (χ0v) is 8.86. The van der Waals surface area contributed by atoms with E-state index in [0.717, 1.165) is 5.56 Å². The minimum atomic E-state index is -1.22. The van der Waals surface area contributed by atoms with Crippen LogP contribution in [0.2, 0.25) is 0 Å². The van der Waals surface area contributed by atoms with Crippen LogP contribution in [0.15, 0.2) is 18.2 Å². The Morgan fingerprint density at radius 1 is 1.38 bits per heavy atom. The molecule has 0 spiro atoms. The third-order valence-corrected chi connectivity index (χ3v) is 3.07. The van der Waals surface area contributed by atoms with E-state index in [1.54, 1.807) is 12.1 Å². The number of benzene rings is 1. The Hall–Kier alpha value is -1.84. The van der Waals surface area contributed by atoms with Crippen LogP contribution in [0.1, 0.15) is 24.0 Å².